The second-order valence-electron chi connectivity index (χ2n) is 5.10. The number of amides is 1. The SMILES string of the molecule is CC[C@@H](NC(=O)c1nnc2cccccc1-2)c1ccccc1. The van der Waals surface area contributed by atoms with E-state index >= 15 is 0 Å². The van der Waals surface area contributed by atoms with Crippen LogP contribution in [0.5, 0.6) is 0 Å². The van der Waals surface area contributed by atoms with Crippen LogP contribution >= 0.6 is 0 Å². The molecule has 1 aromatic rings. The van der Waals surface area contributed by atoms with Gasteiger partial charge < -0.3 is 5.32 Å². The van der Waals surface area contributed by atoms with Gasteiger partial charge in [-0.25, -0.2) is 0 Å². The van der Waals surface area contributed by atoms with Crippen molar-refractivity contribution < 1.29 is 4.79 Å². The van der Waals surface area contributed by atoms with E-state index in [0.717, 1.165) is 23.2 Å². The summed E-state index contributed by atoms with van der Waals surface area (Å²) in [7, 11) is 0. The summed E-state index contributed by atoms with van der Waals surface area (Å²) < 4.78 is 0. The molecule has 0 aromatic heterocycles. The average Bonchev–Trinajstić information content (AvgIpc) is 2.82. The van der Waals surface area contributed by atoms with Gasteiger partial charge in [0.25, 0.3) is 5.91 Å². The molecule has 2 aliphatic rings. The van der Waals surface area contributed by atoms with Gasteiger partial charge in [0, 0.05) is 5.56 Å². The van der Waals surface area contributed by atoms with E-state index in [-0.39, 0.29) is 11.9 Å². The van der Waals surface area contributed by atoms with Crippen LogP contribution < -0.4 is 5.32 Å². The smallest absolute Gasteiger partial charge is 0.272 e. The third-order valence-electron chi connectivity index (χ3n) is 3.66. The molecule has 1 atom stereocenters. The van der Waals surface area contributed by atoms with E-state index in [2.05, 4.69) is 15.5 Å². The number of rotatable bonds is 4. The second kappa shape index (κ2) is 6.35. The zero-order valence-corrected chi connectivity index (χ0v) is 12.4. The maximum Gasteiger partial charge on any atom is 0.272 e. The quantitative estimate of drug-likeness (QED) is 0.801. The number of benzene rings is 1. The number of fused-ring (bicyclic) bond motifs is 1. The third kappa shape index (κ3) is 2.81. The zero-order chi connectivity index (χ0) is 15.4. The van der Waals surface area contributed by atoms with Crippen LogP contribution in [0.2, 0.25) is 0 Å². The number of nitrogens with zero attached hydrogens (tertiary/aromatic N) is 2. The van der Waals surface area contributed by atoms with Crippen molar-refractivity contribution in [1.82, 2.24) is 15.5 Å². The van der Waals surface area contributed by atoms with Crippen molar-refractivity contribution in [2.45, 2.75) is 19.4 Å². The van der Waals surface area contributed by atoms with Crippen LogP contribution in [0.1, 0.15) is 35.4 Å². The summed E-state index contributed by atoms with van der Waals surface area (Å²) in [5.74, 6) is -0.190. The molecule has 1 aliphatic heterocycles. The molecule has 0 bridgehead atoms. The number of aromatic nitrogens is 2. The molecule has 0 radical (unpaired) electrons. The lowest BCUT2D eigenvalue weighted by molar-refractivity contribution is 0.0931. The van der Waals surface area contributed by atoms with E-state index < -0.39 is 0 Å². The van der Waals surface area contributed by atoms with E-state index in [1.165, 1.54) is 0 Å². The Morgan fingerprint density at radius 2 is 1.68 bits per heavy atom. The molecular formula is C18H17N3O. The minimum absolute atomic E-state index is 0.0297. The van der Waals surface area contributed by atoms with E-state index in [4.69, 9.17) is 0 Å². The van der Waals surface area contributed by atoms with Gasteiger partial charge in [0.2, 0.25) is 0 Å². The van der Waals surface area contributed by atoms with Crippen molar-refractivity contribution in [3.05, 3.63) is 71.9 Å². The van der Waals surface area contributed by atoms with Crippen LogP contribution in [0.25, 0.3) is 11.3 Å². The molecule has 0 unspecified atom stereocenters. The number of carbonyl (C=O) groups is 1. The summed E-state index contributed by atoms with van der Waals surface area (Å²) in [6.07, 6.45) is 0.815. The summed E-state index contributed by atoms with van der Waals surface area (Å²) in [6.45, 7) is 2.05. The van der Waals surface area contributed by atoms with Gasteiger partial charge >= 0.3 is 0 Å². The van der Waals surface area contributed by atoms with Crippen LogP contribution in [-0.4, -0.2) is 16.1 Å². The van der Waals surface area contributed by atoms with Crippen molar-refractivity contribution in [2.75, 3.05) is 0 Å². The fourth-order valence-electron chi connectivity index (χ4n) is 2.48. The Bertz CT molecular complexity index is 742. The van der Waals surface area contributed by atoms with Crippen LogP contribution in [0, 0.1) is 0 Å². The highest BCUT2D eigenvalue weighted by Crippen LogP contribution is 2.23. The summed E-state index contributed by atoms with van der Waals surface area (Å²) in [6, 6.07) is 19.3. The Kier molecular flexibility index (Phi) is 4.10. The van der Waals surface area contributed by atoms with Crippen LogP contribution in [0.15, 0.2) is 60.7 Å². The Labute approximate surface area is 129 Å². The van der Waals surface area contributed by atoms with Gasteiger partial charge in [-0.1, -0.05) is 61.5 Å². The van der Waals surface area contributed by atoms with Gasteiger partial charge in [0.05, 0.1) is 11.7 Å². The largest absolute Gasteiger partial charge is 0.344 e. The topological polar surface area (TPSA) is 54.9 Å². The molecule has 110 valence electrons. The Morgan fingerprint density at radius 1 is 1.00 bits per heavy atom. The first kappa shape index (κ1) is 14.2. The summed E-state index contributed by atoms with van der Waals surface area (Å²) >= 11 is 0. The van der Waals surface area contributed by atoms with E-state index in [0.29, 0.717) is 5.69 Å². The molecular weight excluding hydrogens is 274 g/mol. The van der Waals surface area contributed by atoms with Gasteiger partial charge in [-0.15, -0.1) is 10.2 Å². The van der Waals surface area contributed by atoms with Crippen molar-refractivity contribution >= 4 is 5.91 Å². The monoisotopic (exact) mass is 291 g/mol. The first-order chi connectivity index (χ1) is 10.8. The number of hydrogen-bond acceptors (Lipinski definition) is 3. The third-order valence-corrected chi connectivity index (χ3v) is 3.66. The molecule has 1 N–H and O–H groups in total. The lowest BCUT2D eigenvalue weighted by Gasteiger charge is -2.16. The highest BCUT2D eigenvalue weighted by molar-refractivity contribution is 5.99. The zero-order valence-electron chi connectivity index (χ0n) is 12.4. The first-order valence-electron chi connectivity index (χ1n) is 7.37. The maximum atomic E-state index is 12.6. The van der Waals surface area contributed by atoms with E-state index in [1.807, 2.05) is 67.6 Å². The Hall–Kier alpha value is -2.75. The standard InChI is InChI=1S/C18H17N3O/c1-2-15(13-9-5-3-6-10-13)19-18(22)17-14-11-7-4-8-12-16(14)20-21-17/h3-12,15H,2H2,1H3,(H,19,22)/t15-/m1/s1. The van der Waals surface area contributed by atoms with E-state index in [9.17, 15) is 4.79 Å². The van der Waals surface area contributed by atoms with Crippen LogP contribution in [0.4, 0.5) is 0 Å². The van der Waals surface area contributed by atoms with Crippen LogP contribution in [-0.2, 0) is 0 Å². The second-order valence-corrected chi connectivity index (χ2v) is 5.10. The molecule has 1 aromatic carbocycles. The number of hydrogen-bond donors (Lipinski definition) is 1. The molecule has 1 aliphatic carbocycles. The summed E-state index contributed by atoms with van der Waals surface area (Å²) in [5.41, 5.74) is 2.96. The fraction of sp³-hybridized carbons (Fsp3) is 0.167. The highest BCUT2D eigenvalue weighted by Gasteiger charge is 2.21. The normalized spacial score (nSPS) is 12.0. The van der Waals surface area contributed by atoms with Crippen molar-refractivity contribution in [3.63, 3.8) is 0 Å². The molecule has 3 rings (SSSR count). The van der Waals surface area contributed by atoms with Gasteiger partial charge in [-0.3, -0.25) is 4.79 Å². The number of nitrogens with one attached hydrogen (secondary N) is 1. The lowest BCUT2D eigenvalue weighted by atomic mass is 10.0. The molecule has 1 heterocycles. The van der Waals surface area contributed by atoms with Gasteiger partial charge in [0.15, 0.2) is 5.69 Å². The van der Waals surface area contributed by atoms with Gasteiger partial charge in [0.1, 0.15) is 0 Å². The van der Waals surface area contributed by atoms with E-state index in [1.54, 1.807) is 0 Å². The molecule has 0 saturated heterocycles. The predicted molar refractivity (Wildman–Crippen MR) is 85.6 cm³/mol. The van der Waals surface area contributed by atoms with Crippen molar-refractivity contribution in [1.29, 1.82) is 0 Å². The Morgan fingerprint density at radius 3 is 2.41 bits per heavy atom. The Balaban J connectivity index is 1.85. The minimum Gasteiger partial charge on any atom is -0.344 e. The highest BCUT2D eigenvalue weighted by atomic mass is 16.2. The van der Waals surface area contributed by atoms with Crippen molar-refractivity contribution in [2.24, 2.45) is 0 Å². The predicted octanol–water partition coefficient (Wildman–Crippen LogP) is 3.46. The molecule has 1 amide bonds. The summed E-state index contributed by atoms with van der Waals surface area (Å²) in [5, 5.41) is 11.2. The molecule has 0 spiro atoms. The fourth-order valence-corrected chi connectivity index (χ4v) is 2.48. The molecule has 4 heteroatoms. The molecule has 0 fully saturated rings. The lowest BCUT2D eigenvalue weighted by Crippen LogP contribution is -2.28. The molecule has 4 nitrogen and oxygen atoms in total. The number of carbonyl (C=O) groups excluding carboxylic acids is 1. The van der Waals surface area contributed by atoms with Crippen LogP contribution in [0.3, 0.4) is 0 Å². The summed E-state index contributed by atoms with van der Waals surface area (Å²) in [4.78, 5) is 12.6. The van der Waals surface area contributed by atoms with Gasteiger partial charge in [-0.05, 0) is 18.1 Å². The molecule has 0 saturated carbocycles. The van der Waals surface area contributed by atoms with Gasteiger partial charge in [-0.2, -0.15) is 0 Å². The average molecular weight is 291 g/mol. The first-order valence-corrected chi connectivity index (χ1v) is 7.37. The minimum atomic E-state index is -0.190. The molecule has 22 heavy (non-hydrogen) atoms. The maximum absolute atomic E-state index is 12.6. The van der Waals surface area contributed by atoms with Crippen molar-refractivity contribution in [3.8, 4) is 11.3 Å².